The maximum Gasteiger partial charge on any atom is 0.279 e. The Kier molecular flexibility index (Phi) is 5.62. The first-order valence-corrected chi connectivity index (χ1v) is 8.86. The molecular weight excluding hydrogens is 338 g/mol. The van der Waals surface area contributed by atoms with Crippen molar-refractivity contribution in [1.29, 1.82) is 5.26 Å². The predicted molar refractivity (Wildman–Crippen MR) is 109 cm³/mol. The lowest BCUT2D eigenvalue weighted by Gasteiger charge is -2.17. The zero-order valence-electron chi connectivity index (χ0n) is 15.5. The average molecular weight is 359 g/mol. The third-order valence-corrected chi connectivity index (χ3v) is 4.47. The molecule has 1 aliphatic heterocycles. The SMILES string of the molecule is CCN1C(=O)/C(=N/N=C\c2ccc(N(C)CCC#N)cc2)c2ccccc21. The van der Waals surface area contributed by atoms with E-state index in [4.69, 9.17) is 5.26 Å². The molecule has 1 heterocycles. The lowest BCUT2D eigenvalue weighted by atomic mass is 10.1. The summed E-state index contributed by atoms with van der Waals surface area (Å²) < 4.78 is 0. The van der Waals surface area contributed by atoms with Gasteiger partial charge in [0.15, 0.2) is 5.71 Å². The van der Waals surface area contributed by atoms with Crippen LogP contribution in [0, 0.1) is 11.3 Å². The van der Waals surface area contributed by atoms with Gasteiger partial charge in [-0.05, 0) is 30.7 Å². The topological polar surface area (TPSA) is 72.1 Å². The third-order valence-electron chi connectivity index (χ3n) is 4.47. The number of likely N-dealkylation sites (N-methyl/N-ethyl adjacent to an activating group) is 1. The molecule has 6 heteroatoms. The van der Waals surface area contributed by atoms with Crippen LogP contribution in [0.2, 0.25) is 0 Å². The standard InChI is InChI=1S/C21H21N5O/c1-3-26-19-8-5-4-7-18(19)20(21(26)27)24-23-15-16-9-11-17(12-10-16)25(2)14-6-13-22/h4-5,7-12,15H,3,6,14H2,1-2H3/b23-15-,24-20+. The minimum atomic E-state index is -0.120. The third kappa shape index (κ3) is 3.87. The van der Waals surface area contributed by atoms with Crippen molar-refractivity contribution in [2.75, 3.05) is 29.9 Å². The van der Waals surface area contributed by atoms with Gasteiger partial charge in [0.2, 0.25) is 0 Å². The molecule has 0 N–H and O–H groups in total. The van der Waals surface area contributed by atoms with E-state index in [1.165, 1.54) is 0 Å². The molecule has 2 aromatic rings. The average Bonchev–Trinajstić information content (AvgIpc) is 2.97. The number of anilines is 2. The molecule has 0 saturated heterocycles. The second kappa shape index (κ2) is 8.28. The van der Waals surface area contributed by atoms with Gasteiger partial charge in [-0.1, -0.05) is 30.3 Å². The smallest absolute Gasteiger partial charge is 0.279 e. The van der Waals surface area contributed by atoms with Crippen LogP contribution in [0.5, 0.6) is 0 Å². The van der Waals surface area contributed by atoms with Crippen LogP contribution in [0.1, 0.15) is 24.5 Å². The quantitative estimate of drug-likeness (QED) is 0.587. The fourth-order valence-electron chi connectivity index (χ4n) is 2.99. The number of carbonyl (C=O) groups is 1. The van der Waals surface area contributed by atoms with Crippen molar-refractivity contribution in [1.82, 2.24) is 0 Å². The van der Waals surface area contributed by atoms with E-state index in [1.54, 1.807) is 11.1 Å². The Hall–Kier alpha value is -3.46. The van der Waals surface area contributed by atoms with Crippen LogP contribution in [0.4, 0.5) is 11.4 Å². The van der Waals surface area contributed by atoms with E-state index in [9.17, 15) is 4.79 Å². The van der Waals surface area contributed by atoms with E-state index in [2.05, 4.69) is 16.3 Å². The van der Waals surface area contributed by atoms with Crippen LogP contribution in [0.25, 0.3) is 0 Å². The Balaban J connectivity index is 1.75. The molecular formula is C21H21N5O. The van der Waals surface area contributed by atoms with Gasteiger partial charge in [-0.2, -0.15) is 10.4 Å². The number of amides is 1. The largest absolute Gasteiger partial charge is 0.374 e. The van der Waals surface area contributed by atoms with Crippen molar-refractivity contribution in [3.8, 4) is 6.07 Å². The number of benzene rings is 2. The molecule has 0 fully saturated rings. The van der Waals surface area contributed by atoms with Gasteiger partial charge < -0.3 is 9.80 Å². The highest BCUT2D eigenvalue weighted by Gasteiger charge is 2.32. The monoisotopic (exact) mass is 359 g/mol. The molecule has 6 nitrogen and oxygen atoms in total. The molecule has 0 aliphatic carbocycles. The lowest BCUT2D eigenvalue weighted by Crippen LogP contribution is -2.29. The van der Waals surface area contributed by atoms with Crippen LogP contribution in [-0.2, 0) is 4.79 Å². The van der Waals surface area contributed by atoms with Crippen molar-refractivity contribution in [2.24, 2.45) is 10.2 Å². The van der Waals surface area contributed by atoms with Crippen LogP contribution in [0.15, 0.2) is 58.7 Å². The normalized spacial score (nSPS) is 14.6. The van der Waals surface area contributed by atoms with Crippen molar-refractivity contribution >= 4 is 29.2 Å². The zero-order valence-corrected chi connectivity index (χ0v) is 15.5. The minimum Gasteiger partial charge on any atom is -0.374 e. The molecule has 136 valence electrons. The van der Waals surface area contributed by atoms with E-state index in [0.717, 1.165) is 22.5 Å². The highest BCUT2D eigenvalue weighted by atomic mass is 16.2. The molecule has 0 radical (unpaired) electrons. The van der Waals surface area contributed by atoms with E-state index in [0.29, 0.717) is 25.2 Å². The molecule has 0 bridgehead atoms. The van der Waals surface area contributed by atoms with Crippen LogP contribution in [0.3, 0.4) is 0 Å². The Morgan fingerprint density at radius 2 is 1.93 bits per heavy atom. The number of fused-ring (bicyclic) bond motifs is 1. The summed E-state index contributed by atoms with van der Waals surface area (Å²) in [5.74, 6) is -0.120. The first-order chi connectivity index (χ1) is 13.2. The number of hydrogen-bond donors (Lipinski definition) is 0. The van der Waals surface area contributed by atoms with Gasteiger partial charge in [-0.15, -0.1) is 5.10 Å². The maximum atomic E-state index is 12.5. The van der Waals surface area contributed by atoms with E-state index >= 15 is 0 Å². The first kappa shape index (κ1) is 18.3. The van der Waals surface area contributed by atoms with Crippen LogP contribution in [-0.4, -0.2) is 38.0 Å². The summed E-state index contributed by atoms with van der Waals surface area (Å²) in [6, 6.07) is 17.6. The second-order valence-corrected chi connectivity index (χ2v) is 6.18. The van der Waals surface area contributed by atoms with E-state index in [1.807, 2.05) is 67.4 Å². The summed E-state index contributed by atoms with van der Waals surface area (Å²) in [7, 11) is 1.95. The fourth-order valence-corrected chi connectivity index (χ4v) is 2.99. The highest BCUT2D eigenvalue weighted by Crippen LogP contribution is 2.28. The molecule has 1 aliphatic rings. The van der Waals surface area contributed by atoms with Gasteiger partial charge in [-0.3, -0.25) is 4.79 Å². The summed E-state index contributed by atoms with van der Waals surface area (Å²) >= 11 is 0. The molecule has 3 rings (SSSR count). The van der Waals surface area contributed by atoms with Crippen LogP contribution >= 0.6 is 0 Å². The molecule has 0 atom stereocenters. The Morgan fingerprint density at radius 3 is 2.63 bits per heavy atom. The first-order valence-electron chi connectivity index (χ1n) is 8.86. The number of carbonyl (C=O) groups excluding carboxylic acids is 1. The Labute approximate surface area is 159 Å². The summed E-state index contributed by atoms with van der Waals surface area (Å²) in [6.07, 6.45) is 2.12. The van der Waals surface area contributed by atoms with Gasteiger partial charge in [0.1, 0.15) is 0 Å². The summed E-state index contributed by atoms with van der Waals surface area (Å²) in [6.45, 7) is 3.22. The van der Waals surface area contributed by atoms with Crippen molar-refractivity contribution in [3.63, 3.8) is 0 Å². The van der Waals surface area contributed by atoms with Crippen LogP contribution < -0.4 is 9.80 Å². The molecule has 0 spiro atoms. The van der Waals surface area contributed by atoms with E-state index in [-0.39, 0.29) is 5.91 Å². The number of hydrogen-bond acceptors (Lipinski definition) is 5. The predicted octanol–water partition coefficient (Wildman–Crippen LogP) is 3.23. The van der Waals surface area contributed by atoms with Gasteiger partial charge >= 0.3 is 0 Å². The molecule has 1 amide bonds. The zero-order chi connectivity index (χ0) is 19.2. The minimum absolute atomic E-state index is 0.120. The van der Waals surface area contributed by atoms with Crippen molar-refractivity contribution in [3.05, 3.63) is 59.7 Å². The summed E-state index contributed by atoms with van der Waals surface area (Å²) in [5, 5.41) is 17.0. The lowest BCUT2D eigenvalue weighted by molar-refractivity contribution is -0.112. The number of para-hydroxylation sites is 1. The second-order valence-electron chi connectivity index (χ2n) is 6.18. The highest BCUT2D eigenvalue weighted by molar-refractivity contribution is 6.54. The maximum absolute atomic E-state index is 12.5. The Morgan fingerprint density at radius 1 is 1.19 bits per heavy atom. The molecule has 0 unspecified atom stereocenters. The summed E-state index contributed by atoms with van der Waals surface area (Å²) in [4.78, 5) is 16.3. The molecule has 27 heavy (non-hydrogen) atoms. The van der Waals surface area contributed by atoms with Gasteiger partial charge in [0, 0.05) is 31.4 Å². The fraction of sp³-hybridized carbons (Fsp3) is 0.238. The van der Waals surface area contributed by atoms with Gasteiger partial charge in [-0.25, -0.2) is 0 Å². The Bertz CT molecular complexity index is 924. The number of nitriles is 1. The summed E-state index contributed by atoms with van der Waals surface area (Å²) in [5.41, 5.74) is 3.99. The van der Waals surface area contributed by atoms with Gasteiger partial charge in [0.05, 0.1) is 24.4 Å². The number of rotatable bonds is 6. The van der Waals surface area contributed by atoms with E-state index < -0.39 is 0 Å². The molecule has 2 aromatic carbocycles. The van der Waals surface area contributed by atoms with Crippen molar-refractivity contribution in [2.45, 2.75) is 13.3 Å². The van der Waals surface area contributed by atoms with Gasteiger partial charge in [0.25, 0.3) is 5.91 Å². The number of nitrogens with zero attached hydrogens (tertiary/aromatic N) is 5. The molecule has 0 aromatic heterocycles. The molecule has 0 saturated carbocycles. The van der Waals surface area contributed by atoms with Crippen molar-refractivity contribution < 1.29 is 4.79 Å².